The SMILES string of the molecule is COc1cc2c(Nc3cc(C)[nH]n3)nc(Sc3ccccc3)nc2cc1OCC[C@H](N)C(=O)OC1CCCC1.COc1cc2c(Nc3cc(C)[nH]n3)nc(Sc3ccccc3)nc2cc1OCC[C@H](NC(=O)OC(C)(C)C)C(=O)OC1CCCC1. The lowest BCUT2D eigenvalue weighted by atomic mass is 10.2. The molecule has 8 aromatic rings. The third kappa shape index (κ3) is 17.6. The van der Waals surface area contributed by atoms with Gasteiger partial charge in [0, 0.05) is 69.1 Å². The largest absolute Gasteiger partial charge is 0.493 e. The Hall–Kier alpha value is -8.35. The van der Waals surface area contributed by atoms with Crippen molar-refractivity contribution in [3.8, 4) is 23.0 Å². The van der Waals surface area contributed by atoms with E-state index in [1.807, 2.05) is 98.8 Å². The summed E-state index contributed by atoms with van der Waals surface area (Å²) >= 11 is 2.88. The lowest BCUT2D eigenvalue weighted by Crippen LogP contribution is -2.45. The molecule has 4 aromatic carbocycles. The van der Waals surface area contributed by atoms with Gasteiger partial charge in [-0.2, -0.15) is 10.2 Å². The van der Waals surface area contributed by atoms with Crippen molar-refractivity contribution in [1.82, 2.24) is 45.6 Å². The van der Waals surface area contributed by atoms with Crippen molar-refractivity contribution in [2.24, 2.45) is 5.73 Å². The van der Waals surface area contributed by atoms with Gasteiger partial charge < -0.3 is 54.8 Å². The van der Waals surface area contributed by atoms with Gasteiger partial charge in [-0.05, 0) is 146 Å². The lowest BCUT2D eigenvalue weighted by molar-refractivity contribution is -0.152. The van der Waals surface area contributed by atoms with Crippen molar-refractivity contribution in [2.45, 2.75) is 149 Å². The standard InChI is InChI=1S/C33H40N6O6S.C28H32N6O4S/c1-20-17-28(39-38-20)36-29-23-18-26(42-5)27(19-25(23)34-31(37-29)46-22-13-7-6-8-14-22)43-16-15-24(35-32(41)45-33(2,3)4)30(40)44-21-11-9-10-12-21;1-17-14-25(34-33-17)31-26-20-15-23(36-2)24(37-13-12-21(29)27(35)38-18-8-6-7-9-18)16-22(20)30-28(32-26)39-19-10-4-3-5-11-19/h6-8,13-14,17-19,21,24H,9-12,15-16H2,1-5H3,(H,35,41)(H2,34,36,37,38,39);3-5,10-11,14-16,18,21H,6-9,12-13,29H2,1-2H3,(H2,30,31,32,33,34)/t24-;21-/m00/s1. The summed E-state index contributed by atoms with van der Waals surface area (Å²) in [6, 6.07) is 29.1. The van der Waals surface area contributed by atoms with Crippen LogP contribution in [0.2, 0.25) is 0 Å². The van der Waals surface area contributed by atoms with Gasteiger partial charge in [-0.3, -0.25) is 15.0 Å². The number of aryl methyl sites for hydroxylation is 2. The second-order valence-electron chi connectivity index (χ2n) is 21.5. The maximum Gasteiger partial charge on any atom is 0.408 e. The molecule has 0 unspecified atom stereocenters. The number of esters is 2. The van der Waals surface area contributed by atoms with Crippen LogP contribution in [0.1, 0.15) is 96.4 Å². The smallest absolute Gasteiger partial charge is 0.408 e. The van der Waals surface area contributed by atoms with Gasteiger partial charge in [0.1, 0.15) is 41.5 Å². The average Bonchev–Trinajstić information content (AvgIpc) is 3.99. The summed E-state index contributed by atoms with van der Waals surface area (Å²) in [4.78, 5) is 59.2. The van der Waals surface area contributed by atoms with E-state index in [2.05, 4.69) is 36.3 Å². The molecule has 2 saturated carbocycles. The maximum absolute atomic E-state index is 13.1. The summed E-state index contributed by atoms with van der Waals surface area (Å²) in [6.45, 7) is 9.43. The highest BCUT2D eigenvalue weighted by molar-refractivity contribution is 7.99. The molecule has 448 valence electrons. The third-order valence-corrected chi connectivity index (χ3v) is 15.3. The molecule has 0 saturated heterocycles. The number of carbonyl (C=O) groups is 3. The van der Waals surface area contributed by atoms with Crippen LogP contribution in [0, 0.1) is 13.8 Å². The zero-order valence-corrected chi connectivity index (χ0v) is 50.3. The highest BCUT2D eigenvalue weighted by atomic mass is 32.2. The van der Waals surface area contributed by atoms with E-state index in [1.54, 1.807) is 47.1 Å². The molecule has 10 rings (SSSR count). The number of aromatic amines is 2. The van der Waals surface area contributed by atoms with E-state index in [0.29, 0.717) is 79.4 Å². The highest BCUT2D eigenvalue weighted by Gasteiger charge is 2.30. The number of nitrogens with two attached hydrogens (primary N) is 1. The van der Waals surface area contributed by atoms with Gasteiger partial charge in [-0.1, -0.05) is 36.4 Å². The number of anilines is 4. The van der Waals surface area contributed by atoms with Crippen LogP contribution < -0.4 is 40.6 Å². The number of methoxy groups -OCH3 is 2. The molecule has 0 spiro atoms. The first-order valence-corrected chi connectivity index (χ1v) is 29.9. The zero-order chi connectivity index (χ0) is 59.9. The van der Waals surface area contributed by atoms with Crippen LogP contribution in [-0.4, -0.2) is 116 Å². The number of amides is 1. The van der Waals surface area contributed by atoms with Crippen LogP contribution in [0.25, 0.3) is 21.8 Å². The van der Waals surface area contributed by atoms with Crippen LogP contribution in [0.15, 0.2) is 117 Å². The number of aromatic nitrogens is 8. The van der Waals surface area contributed by atoms with Gasteiger partial charge in [0.15, 0.2) is 44.9 Å². The van der Waals surface area contributed by atoms with E-state index in [0.717, 1.165) is 77.9 Å². The molecule has 2 fully saturated rings. The van der Waals surface area contributed by atoms with Gasteiger partial charge in [-0.25, -0.2) is 29.5 Å². The first-order valence-electron chi connectivity index (χ1n) is 28.3. The van der Waals surface area contributed by atoms with E-state index in [1.165, 1.54) is 23.5 Å². The maximum atomic E-state index is 13.1. The molecule has 0 bridgehead atoms. The number of hydrogen-bond acceptors (Lipinski definition) is 21. The van der Waals surface area contributed by atoms with Crippen molar-refractivity contribution in [2.75, 3.05) is 38.1 Å². The summed E-state index contributed by atoms with van der Waals surface area (Å²) in [7, 11) is 3.12. The van der Waals surface area contributed by atoms with Crippen molar-refractivity contribution in [1.29, 1.82) is 0 Å². The molecule has 0 radical (unpaired) electrons. The van der Waals surface area contributed by atoms with E-state index >= 15 is 0 Å². The Morgan fingerprint density at radius 3 is 1.48 bits per heavy atom. The minimum Gasteiger partial charge on any atom is -0.493 e. The number of alkyl carbamates (subject to hydrolysis) is 1. The van der Waals surface area contributed by atoms with Gasteiger partial charge in [0.25, 0.3) is 0 Å². The van der Waals surface area contributed by atoms with Gasteiger partial charge in [-0.15, -0.1) is 0 Å². The average molecular weight is 1200 g/mol. The third-order valence-electron chi connectivity index (χ3n) is 13.5. The van der Waals surface area contributed by atoms with Gasteiger partial charge in [0.2, 0.25) is 0 Å². The van der Waals surface area contributed by atoms with E-state index < -0.39 is 29.7 Å². The number of hydrogen-bond donors (Lipinski definition) is 6. The number of carbonyl (C=O) groups excluding carboxylic acids is 3. The monoisotopic (exact) mass is 1200 g/mol. The molecule has 2 atom stereocenters. The lowest BCUT2D eigenvalue weighted by Gasteiger charge is -2.24. The van der Waals surface area contributed by atoms with Crippen molar-refractivity contribution in [3.05, 3.63) is 108 Å². The number of nitrogens with zero attached hydrogens (tertiary/aromatic N) is 6. The Bertz CT molecular complexity index is 3540. The number of nitrogens with one attached hydrogen (secondary N) is 5. The summed E-state index contributed by atoms with van der Waals surface area (Å²) in [6.07, 6.45) is 7.27. The summed E-state index contributed by atoms with van der Waals surface area (Å²) in [5.74, 6) is 3.39. The molecule has 4 aromatic heterocycles. The molecular weight excluding hydrogens is 1120 g/mol. The Morgan fingerprint density at radius 2 is 1.06 bits per heavy atom. The number of H-pyrrole nitrogens is 2. The van der Waals surface area contributed by atoms with E-state index in [4.69, 9.17) is 58.8 Å². The van der Waals surface area contributed by atoms with Crippen LogP contribution in [0.4, 0.5) is 28.1 Å². The summed E-state index contributed by atoms with van der Waals surface area (Å²) < 4.78 is 40.1. The normalized spacial score (nSPS) is 14.2. The molecule has 1 amide bonds. The fraction of sp³-hybridized carbons (Fsp3) is 0.393. The molecule has 2 aliphatic carbocycles. The molecule has 0 aliphatic heterocycles. The first-order chi connectivity index (χ1) is 41.0. The number of fused-ring (bicyclic) bond motifs is 2. The van der Waals surface area contributed by atoms with Crippen LogP contribution in [0.3, 0.4) is 0 Å². The molecule has 22 nitrogen and oxygen atoms in total. The number of rotatable bonds is 23. The predicted molar refractivity (Wildman–Crippen MR) is 325 cm³/mol. The Morgan fingerprint density at radius 1 is 0.612 bits per heavy atom. The Balaban J connectivity index is 0.000000206. The topological polar surface area (TPSA) is 287 Å². The van der Waals surface area contributed by atoms with Crippen molar-refractivity contribution in [3.63, 3.8) is 0 Å². The van der Waals surface area contributed by atoms with E-state index in [-0.39, 0.29) is 37.8 Å². The van der Waals surface area contributed by atoms with Crippen LogP contribution in [-0.2, 0) is 23.8 Å². The molecule has 2 aliphatic rings. The van der Waals surface area contributed by atoms with Crippen LogP contribution >= 0.6 is 23.5 Å². The molecule has 24 heteroatoms. The quantitative estimate of drug-likeness (QED) is 0.0197. The fourth-order valence-corrected chi connectivity index (χ4v) is 10.9. The first kappa shape index (κ1) is 61.2. The number of ether oxygens (including phenoxy) is 7. The van der Waals surface area contributed by atoms with Gasteiger partial charge in [0.05, 0.1) is 38.5 Å². The Labute approximate surface area is 501 Å². The van der Waals surface area contributed by atoms with Gasteiger partial charge >= 0.3 is 18.0 Å². The molecule has 7 N–H and O–H groups in total. The zero-order valence-electron chi connectivity index (χ0n) is 48.7. The van der Waals surface area contributed by atoms with E-state index in [9.17, 15) is 14.4 Å². The second kappa shape index (κ2) is 29.0. The second-order valence-corrected chi connectivity index (χ2v) is 23.6. The Kier molecular flexibility index (Phi) is 20.9. The molecular formula is C61H72N12O10S2. The number of benzene rings is 4. The highest BCUT2D eigenvalue weighted by Crippen LogP contribution is 2.39. The molecule has 4 heterocycles. The minimum absolute atomic E-state index is 0.0131. The van der Waals surface area contributed by atoms with Crippen molar-refractivity contribution >= 4 is 86.6 Å². The van der Waals surface area contributed by atoms with Crippen molar-refractivity contribution < 1.29 is 47.5 Å². The summed E-state index contributed by atoms with van der Waals surface area (Å²) in [5, 5.41) is 26.2. The molecule has 85 heavy (non-hydrogen) atoms. The van der Waals surface area contributed by atoms with Crippen LogP contribution in [0.5, 0.6) is 23.0 Å². The predicted octanol–water partition coefficient (Wildman–Crippen LogP) is 11.9. The minimum atomic E-state index is -0.953. The summed E-state index contributed by atoms with van der Waals surface area (Å²) in [5.41, 5.74) is 8.47. The fourth-order valence-electron chi connectivity index (χ4n) is 9.36.